The van der Waals surface area contributed by atoms with E-state index in [9.17, 15) is 9.18 Å². The number of carbonyl (C=O) groups is 1. The van der Waals surface area contributed by atoms with Crippen molar-refractivity contribution in [3.8, 4) is 0 Å². The number of halogens is 1. The van der Waals surface area contributed by atoms with Gasteiger partial charge in [0.2, 0.25) is 0 Å². The number of amides is 2. The van der Waals surface area contributed by atoms with Gasteiger partial charge in [0.1, 0.15) is 24.3 Å². The zero-order valence-electron chi connectivity index (χ0n) is 11.3. The number of likely N-dealkylation sites (tertiary alicyclic amines) is 1. The van der Waals surface area contributed by atoms with Crippen molar-refractivity contribution in [3.05, 3.63) is 36.8 Å². The van der Waals surface area contributed by atoms with Gasteiger partial charge in [0.15, 0.2) is 0 Å². The topological polar surface area (TPSA) is 75.9 Å². The molecule has 1 aliphatic heterocycles. The molecule has 2 aromatic heterocycles. The summed E-state index contributed by atoms with van der Waals surface area (Å²) in [7, 11) is 0. The Bertz CT molecular complexity index is 600. The van der Waals surface area contributed by atoms with E-state index in [0.29, 0.717) is 18.9 Å². The maximum absolute atomic E-state index is 12.8. The van der Waals surface area contributed by atoms with Gasteiger partial charge in [0, 0.05) is 13.1 Å². The Kier molecular flexibility index (Phi) is 3.76. The minimum Gasteiger partial charge on any atom is -0.322 e. The molecule has 0 saturated carbocycles. The van der Waals surface area contributed by atoms with Gasteiger partial charge in [-0.15, -0.1) is 0 Å². The number of hydrogen-bond acceptors (Lipinski definition) is 4. The normalized spacial score (nSPS) is 18.5. The largest absolute Gasteiger partial charge is 0.323 e. The fourth-order valence-corrected chi connectivity index (χ4v) is 2.40. The van der Waals surface area contributed by atoms with E-state index in [1.54, 1.807) is 15.9 Å². The number of rotatable bonds is 2. The maximum atomic E-state index is 12.8. The smallest absolute Gasteiger partial charge is 0.322 e. The molecule has 0 aliphatic carbocycles. The molecule has 2 aromatic rings. The molecule has 0 aromatic carbocycles. The molecule has 110 valence electrons. The van der Waals surface area contributed by atoms with E-state index in [1.165, 1.54) is 18.5 Å². The van der Waals surface area contributed by atoms with Crippen molar-refractivity contribution in [1.82, 2.24) is 24.6 Å². The molecule has 21 heavy (non-hydrogen) atoms. The van der Waals surface area contributed by atoms with Gasteiger partial charge in [-0.1, -0.05) is 0 Å². The fraction of sp³-hybridized carbons (Fsp3) is 0.385. The van der Waals surface area contributed by atoms with Gasteiger partial charge in [-0.05, 0) is 25.0 Å². The summed E-state index contributed by atoms with van der Waals surface area (Å²) in [6, 6.07) is 2.59. The van der Waals surface area contributed by atoms with Crippen molar-refractivity contribution in [3.63, 3.8) is 0 Å². The van der Waals surface area contributed by atoms with Crippen LogP contribution < -0.4 is 5.32 Å². The lowest BCUT2D eigenvalue weighted by atomic mass is 10.1. The summed E-state index contributed by atoms with van der Waals surface area (Å²) in [6.07, 6.45) is 6.08. The lowest BCUT2D eigenvalue weighted by Crippen LogP contribution is -2.43. The van der Waals surface area contributed by atoms with Crippen LogP contribution in [0.15, 0.2) is 31.0 Å². The second kappa shape index (κ2) is 5.86. The zero-order chi connectivity index (χ0) is 14.7. The zero-order valence-corrected chi connectivity index (χ0v) is 11.3. The molecule has 8 heteroatoms. The molecule has 1 saturated heterocycles. The molecular formula is C13H15FN6O. The van der Waals surface area contributed by atoms with Crippen LogP contribution in [0.2, 0.25) is 0 Å². The van der Waals surface area contributed by atoms with Crippen molar-refractivity contribution >= 4 is 11.8 Å². The molecule has 1 N–H and O–H groups in total. The molecule has 0 bridgehead atoms. The average molecular weight is 290 g/mol. The number of urea groups is 1. The van der Waals surface area contributed by atoms with Gasteiger partial charge in [-0.25, -0.2) is 23.8 Å². The van der Waals surface area contributed by atoms with E-state index in [2.05, 4.69) is 20.4 Å². The summed E-state index contributed by atoms with van der Waals surface area (Å²) < 4.78 is 14.6. The van der Waals surface area contributed by atoms with E-state index in [4.69, 9.17) is 0 Å². The Morgan fingerprint density at radius 1 is 1.43 bits per heavy atom. The predicted octanol–water partition coefficient (Wildman–Crippen LogP) is 1.68. The van der Waals surface area contributed by atoms with Gasteiger partial charge in [-0.3, -0.25) is 5.32 Å². The van der Waals surface area contributed by atoms with E-state index < -0.39 is 5.82 Å². The SMILES string of the molecule is O=C(Nc1ccc(F)cn1)N1CCCC(n2cncn2)C1. The van der Waals surface area contributed by atoms with Crippen LogP contribution in [0, 0.1) is 5.82 Å². The Morgan fingerprint density at radius 3 is 3.05 bits per heavy atom. The van der Waals surface area contributed by atoms with Gasteiger partial charge >= 0.3 is 6.03 Å². The van der Waals surface area contributed by atoms with E-state index in [1.807, 2.05) is 0 Å². The highest BCUT2D eigenvalue weighted by molar-refractivity contribution is 5.88. The summed E-state index contributed by atoms with van der Waals surface area (Å²) >= 11 is 0. The number of carbonyl (C=O) groups excluding carboxylic acids is 1. The number of nitrogens with zero attached hydrogens (tertiary/aromatic N) is 5. The minimum absolute atomic E-state index is 0.133. The lowest BCUT2D eigenvalue weighted by Gasteiger charge is -2.32. The monoisotopic (exact) mass is 290 g/mol. The van der Waals surface area contributed by atoms with Crippen molar-refractivity contribution in [1.29, 1.82) is 0 Å². The number of nitrogens with one attached hydrogen (secondary N) is 1. The molecular weight excluding hydrogens is 275 g/mol. The molecule has 7 nitrogen and oxygen atoms in total. The predicted molar refractivity (Wildman–Crippen MR) is 73.1 cm³/mol. The number of aromatic nitrogens is 4. The number of piperidine rings is 1. The van der Waals surface area contributed by atoms with Gasteiger partial charge in [-0.2, -0.15) is 5.10 Å². The van der Waals surface area contributed by atoms with Crippen LogP contribution in [0.4, 0.5) is 15.0 Å². The number of anilines is 1. The molecule has 3 heterocycles. The third-order valence-electron chi connectivity index (χ3n) is 3.46. The van der Waals surface area contributed by atoms with Crippen molar-refractivity contribution in [2.75, 3.05) is 18.4 Å². The van der Waals surface area contributed by atoms with Gasteiger partial charge < -0.3 is 4.90 Å². The van der Waals surface area contributed by atoms with Crippen LogP contribution >= 0.6 is 0 Å². The second-order valence-electron chi connectivity index (χ2n) is 4.91. The van der Waals surface area contributed by atoms with Gasteiger partial charge in [0.05, 0.1) is 12.2 Å². The third kappa shape index (κ3) is 3.15. The summed E-state index contributed by atoms with van der Waals surface area (Å²) in [5, 5.41) is 6.79. The third-order valence-corrected chi connectivity index (χ3v) is 3.46. The molecule has 1 atom stereocenters. The Labute approximate surface area is 120 Å². The molecule has 0 radical (unpaired) electrons. The molecule has 3 rings (SSSR count). The lowest BCUT2D eigenvalue weighted by molar-refractivity contribution is 0.174. The summed E-state index contributed by atoms with van der Waals surface area (Å²) in [5.74, 6) is -0.0958. The first kappa shape index (κ1) is 13.5. The van der Waals surface area contributed by atoms with Crippen LogP contribution in [0.25, 0.3) is 0 Å². The van der Waals surface area contributed by atoms with Gasteiger partial charge in [0.25, 0.3) is 0 Å². The van der Waals surface area contributed by atoms with E-state index in [0.717, 1.165) is 19.0 Å². The Morgan fingerprint density at radius 2 is 2.33 bits per heavy atom. The van der Waals surface area contributed by atoms with E-state index in [-0.39, 0.29) is 12.1 Å². The number of pyridine rings is 1. The molecule has 2 amide bonds. The standard InChI is InChI=1S/C13H15FN6O/c14-10-3-4-12(16-6-10)18-13(21)19-5-1-2-11(7-19)20-9-15-8-17-20/h3-4,6,8-9,11H,1-2,5,7H2,(H,16,18,21). The van der Waals surface area contributed by atoms with Crippen LogP contribution in [0.1, 0.15) is 18.9 Å². The summed E-state index contributed by atoms with van der Waals surface area (Å²) in [4.78, 5) is 21.7. The quantitative estimate of drug-likeness (QED) is 0.913. The number of hydrogen-bond donors (Lipinski definition) is 1. The first-order valence-corrected chi connectivity index (χ1v) is 6.74. The molecule has 1 unspecified atom stereocenters. The van der Waals surface area contributed by atoms with Crippen molar-refractivity contribution in [2.45, 2.75) is 18.9 Å². The first-order chi connectivity index (χ1) is 10.2. The maximum Gasteiger partial charge on any atom is 0.323 e. The highest BCUT2D eigenvalue weighted by Crippen LogP contribution is 2.20. The van der Waals surface area contributed by atoms with Crippen LogP contribution in [-0.2, 0) is 0 Å². The summed E-state index contributed by atoms with van der Waals surface area (Å²) in [6.45, 7) is 1.24. The molecule has 1 aliphatic rings. The Hall–Kier alpha value is -2.51. The molecule has 1 fully saturated rings. The van der Waals surface area contributed by atoms with E-state index >= 15 is 0 Å². The first-order valence-electron chi connectivity index (χ1n) is 6.74. The average Bonchev–Trinajstić information content (AvgIpc) is 3.04. The summed E-state index contributed by atoms with van der Waals surface area (Å²) in [5.41, 5.74) is 0. The minimum atomic E-state index is -0.433. The fourth-order valence-electron chi connectivity index (χ4n) is 2.40. The van der Waals surface area contributed by atoms with Crippen LogP contribution in [0.3, 0.4) is 0 Å². The van der Waals surface area contributed by atoms with Crippen molar-refractivity contribution in [2.24, 2.45) is 0 Å². The Balaban J connectivity index is 1.63. The van der Waals surface area contributed by atoms with Crippen LogP contribution in [-0.4, -0.2) is 43.8 Å². The van der Waals surface area contributed by atoms with Crippen LogP contribution in [0.5, 0.6) is 0 Å². The highest BCUT2D eigenvalue weighted by Gasteiger charge is 2.25. The van der Waals surface area contributed by atoms with Crippen molar-refractivity contribution < 1.29 is 9.18 Å². The molecule has 0 spiro atoms. The highest BCUT2D eigenvalue weighted by atomic mass is 19.1. The second-order valence-corrected chi connectivity index (χ2v) is 4.91.